The summed E-state index contributed by atoms with van der Waals surface area (Å²) < 4.78 is 0. The second-order valence-corrected chi connectivity index (χ2v) is 0.751. The third-order valence-corrected chi connectivity index (χ3v) is 0.325. The van der Waals surface area contributed by atoms with E-state index in [0.717, 1.165) is 0 Å². The summed E-state index contributed by atoms with van der Waals surface area (Å²) in [5, 5.41) is 10.5. The average molecular weight is 82.1 g/mol. The Morgan fingerprint density at radius 2 is 2.50 bits per heavy atom. The first-order valence-electron chi connectivity index (χ1n) is 1.63. The van der Waals surface area contributed by atoms with Crippen molar-refractivity contribution in [2.45, 2.75) is 0 Å². The molecule has 0 aliphatic carbocycles. The molecule has 0 fully saturated rings. The van der Waals surface area contributed by atoms with Gasteiger partial charge in [-0.3, -0.25) is 0 Å². The molecule has 2 nitrogen and oxygen atoms in total. The lowest BCUT2D eigenvalue weighted by atomic mass is 10.7. The third kappa shape index (κ3) is 3.03. The van der Waals surface area contributed by atoms with E-state index in [4.69, 9.17) is 5.26 Å². The van der Waals surface area contributed by atoms with Gasteiger partial charge in [0.15, 0.2) is 0 Å². The second-order valence-electron chi connectivity index (χ2n) is 0.751. The summed E-state index contributed by atoms with van der Waals surface area (Å²) in [5.41, 5.74) is 0. The van der Waals surface area contributed by atoms with Crippen LogP contribution in [0.15, 0.2) is 12.3 Å². The second kappa shape index (κ2) is 4.03. The molecule has 1 N–H and O–H groups in total. The van der Waals surface area contributed by atoms with Gasteiger partial charge in [-0.15, -0.1) is 0 Å². The monoisotopic (exact) mass is 82.1 g/mol. The first kappa shape index (κ1) is 5.03. The summed E-state index contributed by atoms with van der Waals surface area (Å²) >= 11 is 0. The van der Waals surface area contributed by atoms with Crippen molar-refractivity contribution in [1.82, 2.24) is 5.32 Å². The standard InChI is InChI=1S/C4H6N2/c1-6-4-2-3-5/h2,4,6H,1H3/b4-2+. The molecule has 0 saturated heterocycles. The fraction of sp³-hybridized carbons (Fsp3) is 0.250. The molecule has 0 aliphatic rings. The van der Waals surface area contributed by atoms with E-state index in [-0.39, 0.29) is 0 Å². The smallest absolute Gasteiger partial charge is 0.0927 e. The van der Waals surface area contributed by atoms with Crippen molar-refractivity contribution in [3.63, 3.8) is 0 Å². The van der Waals surface area contributed by atoms with Crippen molar-refractivity contribution in [3.8, 4) is 6.07 Å². The van der Waals surface area contributed by atoms with Crippen molar-refractivity contribution in [2.75, 3.05) is 7.05 Å². The lowest BCUT2D eigenvalue weighted by Crippen LogP contribution is -1.89. The molecule has 0 spiro atoms. The number of allylic oxidation sites excluding steroid dienone is 1. The Kier molecular flexibility index (Phi) is 3.38. The molecule has 0 rings (SSSR count). The van der Waals surface area contributed by atoms with Crippen LogP contribution in [0.4, 0.5) is 0 Å². The highest BCUT2D eigenvalue weighted by molar-refractivity contribution is 4.99. The zero-order valence-electron chi connectivity index (χ0n) is 3.60. The summed E-state index contributed by atoms with van der Waals surface area (Å²) in [5.74, 6) is 0. The predicted molar refractivity (Wildman–Crippen MR) is 23.8 cm³/mol. The van der Waals surface area contributed by atoms with Crippen LogP contribution in [0.2, 0.25) is 0 Å². The molecule has 0 aromatic rings. The Labute approximate surface area is 37.1 Å². The van der Waals surface area contributed by atoms with Crippen LogP contribution in [0, 0.1) is 11.3 Å². The van der Waals surface area contributed by atoms with Crippen LogP contribution in [-0.2, 0) is 0 Å². The van der Waals surface area contributed by atoms with Crippen molar-refractivity contribution in [2.24, 2.45) is 0 Å². The van der Waals surface area contributed by atoms with Gasteiger partial charge < -0.3 is 5.32 Å². The topological polar surface area (TPSA) is 35.8 Å². The van der Waals surface area contributed by atoms with Crippen molar-refractivity contribution >= 4 is 0 Å². The molecule has 0 aliphatic heterocycles. The van der Waals surface area contributed by atoms with E-state index in [1.165, 1.54) is 6.08 Å². The molecule has 0 amide bonds. The SMILES string of the molecule is CN/C=C/C#N. The van der Waals surface area contributed by atoms with Gasteiger partial charge in [0.25, 0.3) is 0 Å². The summed E-state index contributed by atoms with van der Waals surface area (Å²) in [6.07, 6.45) is 2.94. The molecule has 0 bridgehead atoms. The minimum absolute atomic E-state index is 1.38. The molecule has 2 heteroatoms. The number of hydrogen-bond donors (Lipinski definition) is 1. The van der Waals surface area contributed by atoms with Gasteiger partial charge in [0.1, 0.15) is 0 Å². The van der Waals surface area contributed by atoms with Crippen LogP contribution in [0.5, 0.6) is 0 Å². The Balaban J connectivity index is 3.02. The molecule has 0 atom stereocenters. The minimum Gasteiger partial charge on any atom is -0.393 e. The van der Waals surface area contributed by atoms with Gasteiger partial charge in [0.05, 0.1) is 6.07 Å². The van der Waals surface area contributed by atoms with E-state index in [9.17, 15) is 0 Å². The van der Waals surface area contributed by atoms with E-state index in [1.54, 1.807) is 13.2 Å². The molecule has 0 heterocycles. The normalized spacial score (nSPS) is 8.00. The Bertz CT molecular complexity index is 78.0. The molecule has 0 unspecified atom stereocenters. The summed E-state index contributed by atoms with van der Waals surface area (Å²) in [6, 6.07) is 1.83. The van der Waals surface area contributed by atoms with Gasteiger partial charge in [-0.25, -0.2) is 0 Å². The number of nitrogens with zero attached hydrogens (tertiary/aromatic N) is 1. The van der Waals surface area contributed by atoms with Crippen LogP contribution in [0.25, 0.3) is 0 Å². The lowest BCUT2D eigenvalue weighted by Gasteiger charge is -1.73. The van der Waals surface area contributed by atoms with E-state index < -0.39 is 0 Å². The maximum absolute atomic E-state index is 7.82. The Morgan fingerprint density at radius 3 is 2.67 bits per heavy atom. The van der Waals surface area contributed by atoms with Crippen molar-refractivity contribution in [1.29, 1.82) is 5.26 Å². The van der Waals surface area contributed by atoms with Crippen LogP contribution in [-0.4, -0.2) is 7.05 Å². The third-order valence-electron chi connectivity index (χ3n) is 0.325. The molecule has 0 saturated carbocycles. The lowest BCUT2D eigenvalue weighted by molar-refractivity contribution is 1.10. The largest absolute Gasteiger partial charge is 0.393 e. The van der Waals surface area contributed by atoms with Crippen molar-refractivity contribution in [3.05, 3.63) is 12.3 Å². The van der Waals surface area contributed by atoms with Gasteiger partial charge in [-0.05, 0) is 0 Å². The molecule has 0 aromatic carbocycles. The fourth-order valence-corrected chi connectivity index (χ4v) is 0.121. The highest BCUT2D eigenvalue weighted by atomic mass is 14.8. The van der Waals surface area contributed by atoms with Crippen molar-refractivity contribution < 1.29 is 0 Å². The highest BCUT2D eigenvalue weighted by Crippen LogP contribution is 1.54. The van der Waals surface area contributed by atoms with Gasteiger partial charge >= 0.3 is 0 Å². The number of hydrogen-bond acceptors (Lipinski definition) is 2. The van der Waals surface area contributed by atoms with Crippen LogP contribution in [0.1, 0.15) is 0 Å². The predicted octanol–water partition coefficient (Wildman–Crippen LogP) is 0.243. The molecule has 0 aromatic heterocycles. The van der Waals surface area contributed by atoms with E-state index in [1.807, 2.05) is 6.07 Å². The quantitative estimate of drug-likeness (QED) is 0.460. The van der Waals surface area contributed by atoms with Crippen LogP contribution < -0.4 is 5.32 Å². The molecule has 0 radical (unpaired) electrons. The zero-order valence-corrected chi connectivity index (χ0v) is 3.60. The highest BCUT2D eigenvalue weighted by Gasteiger charge is 1.53. The number of rotatable bonds is 1. The van der Waals surface area contributed by atoms with Gasteiger partial charge in [-0.1, -0.05) is 0 Å². The first-order chi connectivity index (χ1) is 2.91. The van der Waals surface area contributed by atoms with Crippen LogP contribution >= 0.6 is 0 Å². The first-order valence-corrected chi connectivity index (χ1v) is 1.63. The molecule has 6 heavy (non-hydrogen) atoms. The fourth-order valence-electron chi connectivity index (χ4n) is 0.121. The maximum atomic E-state index is 7.82. The van der Waals surface area contributed by atoms with Gasteiger partial charge in [0, 0.05) is 19.3 Å². The zero-order chi connectivity index (χ0) is 4.83. The van der Waals surface area contributed by atoms with E-state index >= 15 is 0 Å². The Hall–Kier alpha value is -0.970. The number of nitrogens with one attached hydrogen (secondary N) is 1. The average Bonchev–Trinajstić information content (AvgIpc) is 1.61. The summed E-state index contributed by atoms with van der Waals surface area (Å²) in [7, 11) is 1.74. The van der Waals surface area contributed by atoms with E-state index in [2.05, 4.69) is 5.32 Å². The summed E-state index contributed by atoms with van der Waals surface area (Å²) in [4.78, 5) is 0. The van der Waals surface area contributed by atoms with Gasteiger partial charge in [0.2, 0.25) is 0 Å². The summed E-state index contributed by atoms with van der Waals surface area (Å²) in [6.45, 7) is 0. The minimum atomic E-state index is 1.38. The molecular weight excluding hydrogens is 76.1 g/mol. The maximum Gasteiger partial charge on any atom is 0.0927 e. The van der Waals surface area contributed by atoms with Gasteiger partial charge in [-0.2, -0.15) is 5.26 Å². The van der Waals surface area contributed by atoms with E-state index in [0.29, 0.717) is 0 Å². The Morgan fingerprint density at radius 1 is 1.83 bits per heavy atom. The van der Waals surface area contributed by atoms with Crippen LogP contribution in [0.3, 0.4) is 0 Å². The molecular formula is C4H6N2. The number of nitriles is 1. The molecule has 32 valence electrons.